The monoisotopic (exact) mass is 381 g/mol. The lowest BCUT2D eigenvalue weighted by Crippen LogP contribution is -2.41. The van der Waals surface area contributed by atoms with Crippen LogP contribution < -0.4 is 10.4 Å². The molecular formula is C17H23N3O5S. The largest absolute Gasteiger partial charge is 0.490 e. The maximum absolute atomic E-state index is 12.7. The molecule has 8 nitrogen and oxygen atoms in total. The summed E-state index contributed by atoms with van der Waals surface area (Å²) in [6.45, 7) is 6.31. The van der Waals surface area contributed by atoms with Crippen molar-refractivity contribution in [2.24, 2.45) is 0 Å². The Morgan fingerprint density at radius 1 is 1.27 bits per heavy atom. The first-order valence-corrected chi connectivity index (χ1v) is 10.0. The van der Waals surface area contributed by atoms with Gasteiger partial charge in [0.2, 0.25) is 0 Å². The van der Waals surface area contributed by atoms with Crippen molar-refractivity contribution in [2.75, 3.05) is 13.1 Å². The summed E-state index contributed by atoms with van der Waals surface area (Å²) in [5.41, 5.74) is -0.458. The molecule has 3 rings (SSSR count). The zero-order valence-corrected chi connectivity index (χ0v) is 15.9. The van der Waals surface area contributed by atoms with Crippen LogP contribution in [0, 0.1) is 6.92 Å². The highest BCUT2D eigenvalue weighted by atomic mass is 32.2. The summed E-state index contributed by atoms with van der Waals surface area (Å²) >= 11 is 0. The number of aromatic nitrogens is 2. The van der Waals surface area contributed by atoms with Crippen molar-refractivity contribution < 1.29 is 17.6 Å². The van der Waals surface area contributed by atoms with Crippen molar-refractivity contribution >= 4 is 10.0 Å². The number of piperidine rings is 1. The Bertz CT molecular complexity index is 924. The van der Waals surface area contributed by atoms with Crippen LogP contribution >= 0.6 is 0 Å². The predicted octanol–water partition coefficient (Wildman–Crippen LogP) is 1.96. The van der Waals surface area contributed by atoms with Crippen molar-refractivity contribution in [2.45, 2.75) is 50.8 Å². The van der Waals surface area contributed by atoms with Crippen LogP contribution in [0.2, 0.25) is 0 Å². The molecular weight excluding hydrogens is 358 g/mol. The minimum atomic E-state index is -3.60. The Labute approximate surface area is 152 Å². The van der Waals surface area contributed by atoms with Crippen molar-refractivity contribution in [3.63, 3.8) is 0 Å². The molecule has 0 radical (unpaired) electrons. The summed E-state index contributed by atoms with van der Waals surface area (Å²) < 4.78 is 39.4. The van der Waals surface area contributed by atoms with E-state index in [9.17, 15) is 13.2 Å². The van der Waals surface area contributed by atoms with Crippen LogP contribution in [-0.4, -0.2) is 41.5 Å². The zero-order chi connectivity index (χ0) is 18.9. The molecule has 142 valence electrons. The van der Waals surface area contributed by atoms with Gasteiger partial charge in [-0.15, -0.1) is 0 Å². The minimum Gasteiger partial charge on any atom is -0.490 e. The smallest absolute Gasteiger partial charge is 0.339 e. The van der Waals surface area contributed by atoms with Gasteiger partial charge in [-0.2, -0.15) is 4.31 Å². The van der Waals surface area contributed by atoms with E-state index in [1.54, 1.807) is 23.8 Å². The number of nitrogens with zero attached hydrogens (tertiary/aromatic N) is 3. The van der Waals surface area contributed by atoms with Gasteiger partial charge in [-0.1, -0.05) is 0 Å². The average molecular weight is 381 g/mol. The maximum Gasteiger partial charge on any atom is 0.339 e. The van der Waals surface area contributed by atoms with Crippen LogP contribution in [0.3, 0.4) is 0 Å². The van der Waals surface area contributed by atoms with Crippen molar-refractivity contribution in [3.8, 4) is 5.75 Å². The van der Waals surface area contributed by atoms with Gasteiger partial charge in [-0.05, 0) is 33.6 Å². The quantitative estimate of drug-likeness (QED) is 0.786. The van der Waals surface area contributed by atoms with E-state index in [2.05, 4.69) is 4.98 Å². The summed E-state index contributed by atoms with van der Waals surface area (Å²) in [7, 11) is -3.60. The van der Waals surface area contributed by atoms with Gasteiger partial charge in [0.15, 0.2) is 5.03 Å². The van der Waals surface area contributed by atoms with Gasteiger partial charge in [-0.25, -0.2) is 18.2 Å². The molecule has 0 spiro atoms. The van der Waals surface area contributed by atoms with E-state index < -0.39 is 15.6 Å². The lowest BCUT2D eigenvalue weighted by atomic mass is 10.1. The second-order valence-corrected chi connectivity index (χ2v) is 8.58. The average Bonchev–Trinajstić information content (AvgIpc) is 3.05. The molecule has 3 heterocycles. The number of hydrogen-bond donors (Lipinski definition) is 0. The molecule has 0 aliphatic carbocycles. The van der Waals surface area contributed by atoms with Gasteiger partial charge in [-0.3, -0.25) is 0 Å². The predicted molar refractivity (Wildman–Crippen MR) is 94.7 cm³/mol. The van der Waals surface area contributed by atoms with Crippen LogP contribution in [0.5, 0.6) is 5.75 Å². The molecule has 2 aromatic rings. The molecule has 26 heavy (non-hydrogen) atoms. The Hall–Kier alpha value is -2.13. The summed E-state index contributed by atoms with van der Waals surface area (Å²) in [4.78, 5) is 15.4. The minimum absolute atomic E-state index is 0.0712. The maximum atomic E-state index is 12.7. The van der Waals surface area contributed by atoms with E-state index in [0.29, 0.717) is 37.4 Å². The van der Waals surface area contributed by atoms with Gasteiger partial charge in [0, 0.05) is 31.4 Å². The number of rotatable bonds is 5. The fraction of sp³-hybridized carbons (Fsp3) is 0.529. The van der Waals surface area contributed by atoms with Crippen LogP contribution in [0.25, 0.3) is 0 Å². The Morgan fingerprint density at radius 3 is 2.54 bits per heavy atom. The number of aryl methyl sites for hydroxylation is 1. The van der Waals surface area contributed by atoms with E-state index in [1.807, 2.05) is 13.8 Å². The molecule has 0 amide bonds. The molecule has 0 aromatic carbocycles. The number of imidazole rings is 1. The van der Waals surface area contributed by atoms with E-state index in [1.165, 1.54) is 16.7 Å². The second kappa shape index (κ2) is 7.24. The van der Waals surface area contributed by atoms with E-state index in [4.69, 9.17) is 9.15 Å². The molecule has 1 saturated heterocycles. The van der Waals surface area contributed by atoms with Crippen LogP contribution in [-0.2, 0) is 10.0 Å². The molecule has 1 fully saturated rings. The lowest BCUT2D eigenvalue weighted by molar-refractivity contribution is 0.134. The van der Waals surface area contributed by atoms with E-state index in [0.717, 1.165) is 0 Å². The van der Waals surface area contributed by atoms with Gasteiger partial charge in [0.1, 0.15) is 17.6 Å². The van der Waals surface area contributed by atoms with Gasteiger partial charge in [0.05, 0.1) is 12.4 Å². The third kappa shape index (κ3) is 3.99. The molecule has 0 unspecified atom stereocenters. The molecule has 0 N–H and O–H groups in total. The summed E-state index contributed by atoms with van der Waals surface area (Å²) in [6.07, 6.45) is 4.05. The molecule has 0 atom stereocenters. The SMILES string of the molecule is Cc1cc(OC2CCN(S(=O)(=O)c3cn(C(C)C)cn3)CC2)cc(=O)o1. The first-order chi connectivity index (χ1) is 12.3. The molecule has 9 heteroatoms. The molecule has 0 bridgehead atoms. The van der Waals surface area contributed by atoms with Crippen molar-refractivity contribution in [3.05, 3.63) is 40.8 Å². The fourth-order valence-corrected chi connectivity index (χ4v) is 4.28. The lowest BCUT2D eigenvalue weighted by Gasteiger charge is -2.30. The molecule has 2 aromatic heterocycles. The highest BCUT2D eigenvalue weighted by Gasteiger charge is 2.31. The number of ether oxygens (including phenoxy) is 1. The van der Waals surface area contributed by atoms with E-state index in [-0.39, 0.29) is 17.2 Å². The van der Waals surface area contributed by atoms with Gasteiger partial charge in [0.25, 0.3) is 10.0 Å². The number of sulfonamides is 1. The Balaban J connectivity index is 1.64. The standard InChI is InChI=1S/C17H23N3O5S/c1-12(2)19-10-16(18-11-19)26(22,23)20-6-4-14(5-7-20)25-15-8-13(3)24-17(21)9-15/h8-12,14H,4-7H2,1-3H3. The topological polar surface area (TPSA) is 94.6 Å². The third-order valence-corrected chi connectivity index (χ3v) is 6.13. The summed E-state index contributed by atoms with van der Waals surface area (Å²) in [5.74, 6) is 0.934. The van der Waals surface area contributed by atoms with Gasteiger partial charge < -0.3 is 13.7 Å². The zero-order valence-electron chi connectivity index (χ0n) is 15.1. The molecule has 1 aliphatic rings. The Kier molecular flexibility index (Phi) is 5.19. The normalized spacial score (nSPS) is 16.9. The highest BCUT2D eigenvalue weighted by molar-refractivity contribution is 7.89. The van der Waals surface area contributed by atoms with Crippen LogP contribution in [0.15, 0.2) is 38.9 Å². The summed E-state index contributed by atoms with van der Waals surface area (Å²) in [6, 6.07) is 3.11. The fourth-order valence-electron chi connectivity index (χ4n) is 2.89. The van der Waals surface area contributed by atoms with Crippen LogP contribution in [0.4, 0.5) is 0 Å². The molecule has 0 saturated carbocycles. The van der Waals surface area contributed by atoms with E-state index >= 15 is 0 Å². The second-order valence-electron chi connectivity index (χ2n) is 6.70. The van der Waals surface area contributed by atoms with Crippen molar-refractivity contribution in [1.29, 1.82) is 0 Å². The summed E-state index contributed by atoms with van der Waals surface area (Å²) in [5, 5.41) is 0.0712. The van der Waals surface area contributed by atoms with Crippen molar-refractivity contribution in [1.82, 2.24) is 13.9 Å². The van der Waals surface area contributed by atoms with Crippen LogP contribution in [0.1, 0.15) is 38.5 Å². The highest BCUT2D eigenvalue weighted by Crippen LogP contribution is 2.23. The third-order valence-electron chi connectivity index (χ3n) is 4.35. The first-order valence-electron chi connectivity index (χ1n) is 8.58. The van der Waals surface area contributed by atoms with Gasteiger partial charge >= 0.3 is 5.63 Å². The first kappa shape index (κ1) is 18.7. The Morgan fingerprint density at radius 2 is 1.96 bits per heavy atom. The number of hydrogen-bond acceptors (Lipinski definition) is 6. The molecule has 1 aliphatic heterocycles.